The summed E-state index contributed by atoms with van der Waals surface area (Å²) in [6.45, 7) is 9.94. The molecular formula is C18H30ClN3O2. The molecule has 0 spiro atoms. The second-order valence-corrected chi connectivity index (χ2v) is 5.87. The average Bonchev–Trinajstić information content (AvgIpc) is 2.55. The van der Waals surface area contributed by atoms with Crippen LogP contribution in [0.4, 0.5) is 0 Å². The van der Waals surface area contributed by atoms with E-state index in [0.29, 0.717) is 11.6 Å². The fourth-order valence-electron chi connectivity index (χ4n) is 2.05. The second-order valence-electron chi connectivity index (χ2n) is 5.44. The minimum absolute atomic E-state index is 0.0307. The normalized spacial score (nSPS) is 12.8. The maximum atomic E-state index is 5.96. The zero-order valence-electron chi connectivity index (χ0n) is 15.0. The van der Waals surface area contributed by atoms with Crippen LogP contribution in [-0.2, 0) is 4.74 Å². The topological polar surface area (TPSA) is 54.9 Å². The Hall–Kier alpha value is -1.46. The Morgan fingerprint density at radius 2 is 2.08 bits per heavy atom. The van der Waals surface area contributed by atoms with Crippen LogP contribution >= 0.6 is 11.6 Å². The van der Waals surface area contributed by atoms with Crippen molar-refractivity contribution in [3.8, 4) is 5.75 Å². The highest BCUT2D eigenvalue weighted by atomic mass is 35.5. The van der Waals surface area contributed by atoms with Crippen molar-refractivity contribution in [2.45, 2.75) is 39.7 Å². The molecule has 1 unspecified atom stereocenters. The molecule has 0 saturated carbocycles. The molecule has 0 fully saturated rings. The van der Waals surface area contributed by atoms with E-state index in [0.717, 1.165) is 50.9 Å². The third-order valence-electron chi connectivity index (χ3n) is 3.20. The molecule has 5 nitrogen and oxygen atoms in total. The molecule has 2 N–H and O–H groups in total. The Labute approximate surface area is 150 Å². The molecule has 6 heteroatoms. The Morgan fingerprint density at radius 3 is 2.79 bits per heavy atom. The number of benzene rings is 1. The Kier molecular flexibility index (Phi) is 11.1. The van der Waals surface area contributed by atoms with Gasteiger partial charge in [0, 0.05) is 31.3 Å². The molecule has 0 amide bonds. The molecule has 0 aromatic heterocycles. The molecule has 1 atom stereocenters. The van der Waals surface area contributed by atoms with Gasteiger partial charge in [-0.3, -0.25) is 0 Å². The number of hydrogen-bond donors (Lipinski definition) is 2. The van der Waals surface area contributed by atoms with E-state index in [-0.39, 0.29) is 6.10 Å². The van der Waals surface area contributed by atoms with Crippen LogP contribution in [0.3, 0.4) is 0 Å². The van der Waals surface area contributed by atoms with Crippen molar-refractivity contribution in [1.29, 1.82) is 0 Å². The van der Waals surface area contributed by atoms with Gasteiger partial charge >= 0.3 is 0 Å². The van der Waals surface area contributed by atoms with E-state index in [1.165, 1.54) is 0 Å². The fraction of sp³-hybridized carbons (Fsp3) is 0.611. The van der Waals surface area contributed by atoms with Gasteiger partial charge < -0.3 is 20.1 Å². The number of aliphatic imine (C=N–C) groups is 1. The van der Waals surface area contributed by atoms with Crippen LogP contribution in [0.15, 0.2) is 29.3 Å². The molecule has 1 aromatic rings. The van der Waals surface area contributed by atoms with Gasteiger partial charge in [0.15, 0.2) is 5.96 Å². The molecule has 0 radical (unpaired) electrons. The fourth-order valence-corrected chi connectivity index (χ4v) is 2.23. The molecule has 24 heavy (non-hydrogen) atoms. The van der Waals surface area contributed by atoms with Crippen molar-refractivity contribution >= 4 is 17.6 Å². The van der Waals surface area contributed by atoms with E-state index >= 15 is 0 Å². The SMILES string of the molecule is CCNC(=NCC(C)Oc1cccc(Cl)c1)NCCCCOCC. The lowest BCUT2D eigenvalue weighted by Crippen LogP contribution is -2.38. The van der Waals surface area contributed by atoms with Gasteiger partial charge in [-0.2, -0.15) is 0 Å². The third-order valence-corrected chi connectivity index (χ3v) is 3.43. The van der Waals surface area contributed by atoms with Gasteiger partial charge in [0.05, 0.1) is 6.54 Å². The van der Waals surface area contributed by atoms with E-state index in [1.54, 1.807) is 0 Å². The van der Waals surface area contributed by atoms with Gasteiger partial charge in [0.1, 0.15) is 11.9 Å². The van der Waals surface area contributed by atoms with E-state index in [9.17, 15) is 0 Å². The summed E-state index contributed by atoms with van der Waals surface area (Å²) in [6.07, 6.45) is 2.07. The molecule has 0 bridgehead atoms. The maximum absolute atomic E-state index is 5.96. The Balaban J connectivity index is 2.35. The highest BCUT2D eigenvalue weighted by molar-refractivity contribution is 6.30. The average molecular weight is 356 g/mol. The predicted molar refractivity (Wildman–Crippen MR) is 101 cm³/mol. The van der Waals surface area contributed by atoms with Gasteiger partial charge in [0.2, 0.25) is 0 Å². The number of nitrogens with zero attached hydrogens (tertiary/aromatic N) is 1. The van der Waals surface area contributed by atoms with Crippen LogP contribution in [0, 0.1) is 0 Å². The minimum atomic E-state index is -0.0307. The van der Waals surface area contributed by atoms with Crippen LogP contribution in [0.25, 0.3) is 0 Å². The summed E-state index contributed by atoms with van der Waals surface area (Å²) in [5, 5.41) is 7.25. The van der Waals surface area contributed by atoms with E-state index < -0.39 is 0 Å². The summed E-state index contributed by atoms with van der Waals surface area (Å²) in [7, 11) is 0. The summed E-state index contributed by atoms with van der Waals surface area (Å²) in [5.74, 6) is 1.58. The summed E-state index contributed by atoms with van der Waals surface area (Å²) < 4.78 is 11.2. The zero-order chi connectivity index (χ0) is 17.6. The standard InChI is InChI=1S/C18H30ClN3O2/c1-4-20-18(21-11-6-7-12-23-5-2)22-14-15(3)24-17-10-8-9-16(19)13-17/h8-10,13,15H,4-7,11-12,14H2,1-3H3,(H2,20,21,22). The van der Waals surface area contributed by atoms with Crippen LogP contribution in [0.5, 0.6) is 5.75 Å². The van der Waals surface area contributed by atoms with E-state index in [2.05, 4.69) is 22.5 Å². The van der Waals surface area contributed by atoms with Gasteiger partial charge in [-0.15, -0.1) is 0 Å². The first-order valence-electron chi connectivity index (χ1n) is 8.67. The van der Waals surface area contributed by atoms with Gasteiger partial charge in [0.25, 0.3) is 0 Å². The van der Waals surface area contributed by atoms with Crippen LogP contribution in [-0.4, -0.2) is 44.9 Å². The summed E-state index contributed by atoms with van der Waals surface area (Å²) in [5.41, 5.74) is 0. The number of ether oxygens (including phenoxy) is 2. The quantitative estimate of drug-likeness (QED) is 0.362. The lowest BCUT2D eigenvalue weighted by molar-refractivity contribution is 0.143. The molecule has 0 aliphatic carbocycles. The lowest BCUT2D eigenvalue weighted by atomic mass is 10.3. The second kappa shape index (κ2) is 12.9. The van der Waals surface area contributed by atoms with Crippen molar-refractivity contribution in [2.75, 3.05) is 32.8 Å². The first kappa shape index (κ1) is 20.6. The maximum Gasteiger partial charge on any atom is 0.191 e. The number of hydrogen-bond acceptors (Lipinski definition) is 3. The molecule has 0 saturated heterocycles. The number of halogens is 1. The number of rotatable bonds is 11. The van der Waals surface area contributed by atoms with Crippen molar-refractivity contribution in [3.05, 3.63) is 29.3 Å². The van der Waals surface area contributed by atoms with Crippen molar-refractivity contribution in [3.63, 3.8) is 0 Å². The van der Waals surface area contributed by atoms with Gasteiger partial charge in [-0.1, -0.05) is 17.7 Å². The van der Waals surface area contributed by atoms with Crippen molar-refractivity contribution in [2.24, 2.45) is 4.99 Å². The Bertz CT molecular complexity index is 483. The summed E-state index contributed by atoms with van der Waals surface area (Å²) >= 11 is 5.96. The highest BCUT2D eigenvalue weighted by Gasteiger charge is 2.05. The summed E-state index contributed by atoms with van der Waals surface area (Å²) in [6, 6.07) is 7.41. The molecular weight excluding hydrogens is 326 g/mol. The number of guanidine groups is 1. The summed E-state index contributed by atoms with van der Waals surface area (Å²) in [4.78, 5) is 4.57. The zero-order valence-corrected chi connectivity index (χ0v) is 15.7. The monoisotopic (exact) mass is 355 g/mol. The van der Waals surface area contributed by atoms with Crippen LogP contribution < -0.4 is 15.4 Å². The largest absolute Gasteiger partial charge is 0.489 e. The van der Waals surface area contributed by atoms with Crippen LogP contribution in [0.1, 0.15) is 33.6 Å². The highest BCUT2D eigenvalue weighted by Crippen LogP contribution is 2.18. The molecule has 0 aliphatic rings. The van der Waals surface area contributed by atoms with E-state index in [4.69, 9.17) is 21.1 Å². The predicted octanol–water partition coefficient (Wildman–Crippen LogP) is 3.48. The number of nitrogens with one attached hydrogen (secondary N) is 2. The lowest BCUT2D eigenvalue weighted by Gasteiger charge is -2.15. The Morgan fingerprint density at radius 1 is 1.25 bits per heavy atom. The molecule has 0 heterocycles. The molecule has 136 valence electrons. The van der Waals surface area contributed by atoms with Crippen molar-refractivity contribution < 1.29 is 9.47 Å². The first-order chi connectivity index (χ1) is 11.7. The number of unbranched alkanes of at least 4 members (excludes halogenated alkanes) is 1. The smallest absolute Gasteiger partial charge is 0.191 e. The molecule has 1 aromatic carbocycles. The van der Waals surface area contributed by atoms with Gasteiger partial charge in [-0.25, -0.2) is 4.99 Å². The van der Waals surface area contributed by atoms with Crippen molar-refractivity contribution in [1.82, 2.24) is 10.6 Å². The first-order valence-corrected chi connectivity index (χ1v) is 9.05. The third kappa shape index (κ3) is 9.63. The van der Waals surface area contributed by atoms with E-state index in [1.807, 2.05) is 38.1 Å². The van der Waals surface area contributed by atoms with Gasteiger partial charge in [-0.05, 0) is 51.8 Å². The minimum Gasteiger partial charge on any atom is -0.489 e. The van der Waals surface area contributed by atoms with Crippen LogP contribution in [0.2, 0.25) is 5.02 Å². The molecule has 1 rings (SSSR count). The molecule has 0 aliphatic heterocycles.